The molecule has 0 radical (unpaired) electrons. The van der Waals surface area contributed by atoms with Crippen LogP contribution in [-0.4, -0.2) is 42.5 Å². The largest absolute Gasteiger partial charge is 0.356 e. The van der Waals surface area contributed by atoms with Gasteiger partial charge >= 0.3 is 6.03 Å². The minimum Gasteiger partial charge on any atom is -0.356 e. The number of urea groups is 1. The van der Waals surface area contributed by atoms with E-state index in [0.717, 1.165) is 58.0 Å². The number of carbonyl (C=O) groups is 2. The molecule has 0 bridgehead atoms. The zero-order valence-electron chi connectivity index (χ0n) is 12.5. The Bertz CT molecular complexity index is 346. The first-order valence-electron chi connectivity index (χ1n) is 8.06. The van der Waals surface area contributed by atoms with Crippen molar-refractivity contribution in [2.24, 2.45) is 5.92 Å². The summed E-state index contributed by atoms with van der Waals surface area (Å²) in [6.07, 6.45) is 7.17. The van der Waals surface area contributed by atoms with Crippen molar-refractivity contribution in [3.63, 3.8) is 0 Å². The maximum Gasteiger partial charge on any atom is 0.317 e. The lowest BCUT2D eigenvalue weighted by Gasteiger charge is -2.39. The molecule has 0 spiro atoms. The van der Waals surface area contributed by atoms with Gasteiger partial charge < -0.3 is 15.5 Å². The number of nitrogens with one attached hydrogen (secondary N) is 2. The van der Waals surface area contributed by atoms with Crippen LogP contribution in [0.4, 0.5) is 4.79 Å². The van der Waals surface area contributed by atoms with Crippen LogP contribution < -0.4 is 10.6 Å². The van der Waals surface area contributed by atoms with Crippen LogP contribution in [0.5, 0.6) is 0 Å². The van der Waals surface area contributed by atoms with Crippen molar-refractivity contribution in [3.05, 3.63) is 0 Å². The Morgan fingerprint density at radius 1 is 1.25 bits per heavy atom. The summed E-state index contributed by atoms with van der Waals surface area (Å²) in [5.74, 6) is 0.121. The quantitative estimate of drug-likeness (QED) is 0.771. The molecule has 1 aliphatic heterocycles. The molecule has 114 valence electrons. The minimum absolute atomic E-state index is 0.00206. The summed E-state index contributed by atoms with van der Waals surface area (Å²) in [6.45, 7) is 4.13. The highest BCUT2D eigenvalue weighted by Gasteiger charge is 2.36. The van der Waals surface area contributed by atoms with Crippen molar-refractivity contribution < 1.29 is 9.59 Å². The number of rotatable bonds is 1. The van der Waals surface area contributed by atoms with Gasteiger partial charge in [-0.3, -0.25) is 4.79 Å². The van der Waals surface area contributed by atoms with Gasteiger partial charge in [-0.05, 0) is 39.0 Å². The second-order valence-corrected chi connectivity index (χ2v) is 5.84. The zero-order chi connectivity index (χ0) is 14.4. The van der Waals surface area contributed by atoms with Gasteiger partial charge in [0.25, 0.3) is 0 Å². The molecule has 0 aromatic carbocycles. The van der Waals surface area contributed by atoms with E-state index in [-0.39, 0.29) is 23.9 Å². The Balaban J connectivity index is 2.15. The lowest BCUT2D eigenvalue weighted by Crippen LogP contribution is -2.54. The molecular formula is C15H27N3O2. The predicted octanol–water partition coefficient (Wildman–Crippen LogP) is 1.88. The van der Waals surface area contributed by atoms with Crippen LogP contribution in [0.25, 0.3) is 0 Å². The molecule has 1 saturated carbocycles. The van der Waals surface area contributed by atoms with Gasteiger partial charge in [-0.15, -0.1) is 0 Å². The maximum absolute atomic E-state index is 12.3. The smallest absolute Gasteiger partial charge is 0.317 e. The van der Waals surface area contributed by atoms with Gasteiger partial charge in [0.1, 0.15) is 0 Å². The van der Waals surface area contributed by atoms with E-state index in [4.69, 9.17) is 0 Å². The van der Waals surface area contributed by atoms with Gasteiger partial charge in [0.15, 0.2) is 0 Å². The molecule has 2 atom stereocenters. The Kier molecular flexibility index (Phi) is 5.68. The van der Waals surface area contributed by atoms with Crippen molar-refractivity contribution in [1.82, 2.24) is 15.5 Å². The summed E-state index contributed by atoms with van der Waals surface area (Å²) in [5.41, 5.74) is 0. The molecule has 2 fully saturated rings. The fourth-order valence-corrected chi connectivity index (χ4v) is 3.39. The standard InChI is InChI=1S/C15H27N3O2/c1-2-16-15(20)18-11-7-3-6-10-17-14(19)12-8-4-5-9-13(12)18/h12-13H,2-11H2,1H3,(H,16,20)(H,17,19)/t12-,13+/m1/s1. The van der Waals surface area contributed by atoms with Crippen LogP contribution in [0.2, 0.25) is 0 Å². The van der Waals surface area contributed by atoms with Gasteiger partial charge in [0.05, 0.1) is 5.92 Å². The first-order valence-corrected chi connectivity index (χ1v) is 8.06. The minimum atomic E-state index is -0.0237. The van der Waals surface area contributed by atoms with Gasteiger partial charge in [-0.2, -0.15) is 0 Å². The number of hydrogen-bond donors (Lipinski definition) is 2. The molecular weight excluding hydrogens is 254 g/mol. The number of carbonyl (C=O) groups excluding carboxylic acids is 2. The lowest BCUT2D eigenvalue weighted by molar-refractivity contribution is -0.128. The van der Waals surface area contributed by atoms with E-state index < -0.39 is 0 Å². The second kappa shape index (κ2) is 7.50. The van der Waals surface area contributed by atoms with Crippen LogP contribution in [-0.2, 0) is 4.79 Å². The third-order valence-electron chi connectivity index (χ3n) is 4.43. The highest BCUT2D eigenvalue weighted by atomic mass is 16.2. The summed E-state index contributed by atoms with van der Waals surface area (Å²) in [6, 6.07) is 0.0752. The van der Waals surface area contributed by atoms with E-state index >= 15 is 0 Å². The summed E-state index contributed by atoms with van der Waals surface area (Å²) < 4.78 is 0. The van der Waals surface area contributed by atoms with E-state index in [0.29, 0.717) is 6.54 Å². The summed E-state index contributed by atoms with van der Waals surface area (Å²) >= 11 is 0. The van der Waals surface area contributed by atoms with Gasteiger partial charge in [0.2, 0.25) is 5.91 Å². The molecule has 2 N–H and O–H groups in total. The van der Waals surface area contributed by atoms with Gasteiger partial charge in [0, 0.05) is 25.7 Å². The van der Waals surface area contributed by atoms with Crippen LogP contribution in [0, 0.1) is 5.92 Å². The zero-order valence-corrected chi connectivity index (χ0v) is 12.5. The number of amides is 3. The molecule has 0 unspecified atom stereocenters. The molecule has 1 saturated heterocycles. The van der Waals surface area contributed by atoms with E-state index in [1.54, 1.807) is 0 Å². The van der Waals surface area contributed by atoms with Crippen molar-refractivity contribution in [2.75, 3.05) is 19.6 Å². The van der Waals surface area contributed by atoms with Crippen molar-refractivity contribution >= 4 is 11.9 Å². The molecule has 5 heteroatoms. The third-order valence-corrected chi connectivity index (χ3v) is 4.43. The highest BCUT2D eigenvalue weighted by Crippen LogP contribution is 2.29. The second-order valence-electron chi connectivity index (χ2n) is 5.84. The van der Waals surface area contributed by atoms with E-state index in [1.807, 2.05) is 11.8 Å². The monoisotopic (exact) mass is 281 g/mol. The van der Waals surface area contributed by atoms with E-state index in [9.17, 15) is 9.59 Å². The molecule has 3 amide bonds. The fraction of sp³-hybridized carbons (Fsp3) is 0.867. The SMILES string of the molecule is CCNC(=O)N1CCCCCNC(=O)[C@@H]2CCCC[C@@H]21. The van der Waals surface area contributed by atoms with Crippen molar-refractivity contribution in [1.29, 1.82) is 0 Å². The molecule has 5 nitrogen and oxygen atoms in total. The van der Waals surface area contributed by atoms with E-state index in [2.05, 4.69) is 10.6 Å². The van der Waals surface area contributed by atoms with Crippen LogP contribution >= 0.6 is 0 Å². The molecule has 20 heavy (non-hydrogen) atoms. The lowest BCUT2D eigenvalue weighted by atomic mass is 9.82. The van der Waals surface area contributed by atoms with Crippen molar-refractivity contribution in [3.8, 4) is 0 Å². The normalized spacial score (nSPS) is 28.2. The van der Waals surface area contributed by atoms with Crippen LogP contribution in [0.1, 0.15) is 51.9 Å². The summed E-state index contributed by atoms with van der Waals surface area (Å²) in [5, 5.41) is 5.95. The first-order chi connectivity index (χ1) is 9.74. The molecule has 1 aliphatic carbocycles. The van der Waals surface area contributed by atoms with Gasteiger partial charge in [-0.1, -0.05) is 12.8 Å². The fourth-order valence-electron chi connectivity index (χ4n) is 3.39. The molecule has 0 aromatic rings. The third kappa shape index (κ3) is 3.64. The van der Waals surface area contributed by atoms with Crippen LogP contribution in [0.3, 0.4) is 0 Å². The highest BCUT2D eigenvalue weighted by molar-refractivity contribution is 5.81. The average Bonchev–Trinajstić information content (AvgIpc) is 2.46. The Labute approximate surface area is 121 Å². The van der Waals surface area contributed by atoms with Crippen LogP contribution in [0.15, 0.2) is 0 Å². The topological polar surface area (TPSA) is 61.4 Å². The Morgan fingerprint density at radius 3 is 2.85 bits per heavy atom. The number of nitrogens with zero attached hydrogens (tertiary/aromatic N) is 1. The Morgan fingerprint density at radius 2 is 2.05 bits per heavy atom. The molecule has 2 aliphatic rings. The maximum atomic E-state index is 12.3. The first kappa shape index (κ1) is 15.1. The van der Waals surface area contributed by atoms with E-state index in [1.165, 1.54) is 0 Å². The summed E-state index contributed by atoms with van der Waals surface area (Å²) in [7, 11) is 0. The molecule has 1 heterocycles. The predicted molar refractivity (Wildman–Crippen MR) is 78.4 cm³/mol. The molecule has 0 aromatic heterocycles. The number of hydrogen-bond acceptors (Lipinski definition) is 2. The number of fused-ring (bicyclic) bond motifs is 1. The Hall–Kier alpha value is -1.26. The summed E-state index contributed by atoms with van der Waals surface area (Å²) in [4.78, 5) is 26.6. The molecule has 2 rings (SSSR count). The van der Waals surface area contributed by atoms with Crippen molar-refractivity contribution in [2.45, 2.75) is 57.9 Å². The average molecular weight is 281 g/mol. The van der Waals surface area contributed by atoms with Gasteiger partial charge in [-0.25, -0.2) is 4.79 Å².